The van der Waals surface area contributed by atoms with Gasteiger partial charge in [-0.3, -0.25) is 14.5 Å². The van der Waals surface area contributed by atoms with Crippen molar-refractivity contribution in [2.24, 2.45) is 5.41 Å². The van der Waals surface area contributed by atoms with E-state index in [2.05, 4.69) is 0 Å². The van der Waals surface area contributed by atoms with Gasteiger partial charge in [-0.05, 0) is 48.9 Å². The molecular formula is C24H26ClNO5. The van der Waals surface area contributed by atoms with E-state index in [0.29, 0.717) is 34.4 Å². The molecule has 1 aliphatic heterocycles. The van der Waals surface area contributed by atoms with Gasteiger partial charge in [-0.15, -0.1) is 0 Å². The number of anilines is 1. The number of carbonyl (C=O) groups excluding carboxylic acids is 2. The van der Waals surface area contributed by atoms with Crippen molar-refractivity contribution in [1.82, 2.24) is 0 Å². The molecule has 0 spiro atoms. The Labute approximate surface area is 187 Å². The predicted molar refractivity (Wildman–Crippen MR) is 120 cm³/mol. The molecule has 3 rings (SSSR count). The van der Waals surface area contributed by atoms with Gasteiger partial charge in [-0.25, -0.2) is 0 Å². The van der Waals surface area contributed by atoms with Crippen molar-refractivity contribution in [2.45, 2.75) is 33.7 Å². The van der Waals surface area contributed by atoms with Crippen LogP contribution in [0.15, 0.2) is 53.8 Å². The summed E-state index contributed by atoms with van der Waals surface area (Å²) < 4.78 is 11.1. The van der Waals surface area contributed by atoms with E-state index in [1.54, 1.807) is 63.2 Å². The second-order valence-corrected chi connectivity index (χ2v) is 8.68. The highest BCUT2D eigenvalue weighted by molar-refractivity contribution is 6.30. The molecule has 0 saturated carbocycles. The number of hydrogen-bond donors (Lipinski definition) is 1. The van der Waals surface area contributed by atoms with Gasteiger partial charge in [0.05, 0.1) is 25.3 Å². The molecule has 0 fully saturated rings. The van der Waals surface area contributed by atoms with Gasteiger partial charge in [0.25, 0.3) is 5.91 Å². The van der Waals surface area contributed by atoms with E-state index < -0.39 is 23.1 Å². The summed E-state index contributed by atoms with van der Waals surface area (Å²) in [7, 11) is 1.54. The Morgan fingerprint density at radius 1 is 1.13 bits per heavy atom. The minimum atomic E-state index is -0.828. The molecular weight excluding hydrogens is 418 g/mol. The molecule has 1 atom stereocenters. The molecule has 7 heteroatoms. The average molecular weight is 444 g/mol. The van der Waals surface area contributed by atoms with Crippen LogP contribution < -0.4 is 14.4 Å². The first kappa shape index (κ1) is 22.7. The lowest BCUT2D eigenvalue weighted by atomic mass is 9.82. The Morgan fingerprint density at radius 2 is 1.77 bits per heavy atom. The van der Waals surface area contributed by atoms with Gasteiger partial charge in [-0.2, -0.15) is 0 Å². The number of halogens is 1. The minimum Gasteiger partial charge on any atom is -0.503 e. The third-order valence-corrected chi connectivity index (χ3v) is 5.29. The summed E-state index contributed by atoms with van der Waals surface area (Å²) >= 11 is 6.02. The number of rotatable bonds is 6. The predicted octanol–water partition coefficient (Wildman–Crippen LogP) is 5.26. The zero-order chi connectivity index (χ0) is 22.9. The molecule has 2 aromatic rings. The van der Waals surface area contributed by atoms with Crippen molar-refractivity contribution in [3.8, 4) is 11.5 Å². The molecule has 0 aromatic heterocycles. The van der Waals surface area contributed by atoms with Crippen LogP contribution in [-0.4, -0.2) is 30.5 Å². The molecule has 0 saturated heterocycles. The third-order valence-electron chi connectivity index (χ3n) is 5.04. The van der Waals surface area contributed by atoms with E-state index in [-0.39, 0.29) is 11.4 Å². The number of nitrogens with zero attached hydrogens (tertiary/aromatic N) is 1. The minimum absolute atomic E-state index is 0.0556. The number of carbonyl (C=O) groups is 2. The SMILES string of the molecule is CCOc1cc(C2C(C(=O)C(C)(C)C)=C(O)C(=O)N2c2ccc(Cl)cc2)ccc1OC. The van der Waals surface area contributed by atoms with Gasteiger partial charge < -0.3 is 14.6 Å². The molecule has 1 N–H and O–H groups in total. The maximum absolute atomic E-state index is 13.3. The molecule has 0 bridgehead atoms. The van der Waals surface area contributed by atoms with Crippen LogP contribution in [0.3, 0.4) is 0 Å². The maximum atomic E-state index is 13.3. The lowest BCUT2D eigenvalue weighted by Crippen LogP contribution is -2.32. The van der Waals surface area contributed by atoms with Crippen molar-refractivity contribution in [3.63, 3.8) is 0 Å². The van der Waals surface area contributed by atoms with Gasteiger partial charge in [0.15, 0.2) is 23.0 Å². The number of amides is 1. The van der Waals surface area contributed by atoms with Gasteiger partial charge >= 0.3 is 0 Å². The Morgan fingerprint density at radius 3 is 2.32 bits per heavy atom. The van der Waals surface area contributed by atoms with Gasteiger partial charge in [0.2, 0.25) is 0 Å². The van der Waals surface area contributed by atoms with Crippen LogP contribution >= 0.6 is 11.6 Å². The monoisotopic (exact) mass is 443 g/mol. The molecule has 31 heavy (non-hydrogen) atoms. The Bertz CT molecular complexity index is 1040. The second-order valence-electron chi connectivity index (χ2n) is 8.24. The Hall–Kier alpha value is -2.99. The normalized spacial score (nSPS) is 16.6. The summed E-state index contributed by atoms with van der Waals surface area (Å²) in [5.41, 5.74) is 0.383. The number of aliphatic hydroxyl groups excluding tert-OH is 1. The van der Waals surface area contributed by atoms with Crippen LogP contribution in [0, 0.1) is 5.41 Å². The summed E-state index contributed by atoms with van der Waals surface area (Å²) in [5.74, 6) is -0.485. The molecule has 1 unspecified atom stereocenters. The number of aliphatic hydroxyl groups is 1. The number of Topliss-reactive ketones (excluding diaryl/α,β-unsaturated/α-hetero) is 1. The molecule has 6 nitrogen and oxygen atoms in total. The van der Waals surface area contributed by atoms with Crippen molar-refractivity contribution in [1.29, 1.82) is 0 Å². The van der Waals surface area contributed by atoms with Crippen molar-refractivity contribution < 1.29 is 24.2 Å². The number of hydrogen-bond acceptors (Lipinski definition) is 5. The van der Waals surface area contributed by atoms with Crippen molar-refractivity contribution >= 4 is 29.0 Å². The number of ketones is 1. The molecule has 1 amide bonds. The van der Waals surface area contributed by atoms with Crippen molar-refractivity contribution in [2.75, 3.05) is 18.6 Å². The highest BCUT2D eigenvalue weighted by Crippen LogP contribution is 2.45. The lowest BCUT2D eigenvalue weighted by molar-refractivity contribution is -0.123. The van der Waals surface area contributed by atoms with E-state index in [1.165, 1.54) is 12.0 Å². The van der Waals surface area contributed by atoms with Crippen LogP contribution in [0.2, 0.25) is 5.02 Å². The maximum Gasteiger partial charge on any atom is 0.294 e. The Balaban J connectivity index is 2.22. The molecule has 2 aromatic carbocycles. The largest absolute Gasteiger partial charge is 0.503 e. The first-order valence-corrected chi connectivity index (χ1v) is 10.4. The van der Waals surface area contributed by atoms with Crippen LogP contribution in [0.25, 0.3) is 0 Å². The quantitative estimate of drug-likeness (QED) is 0.658. The summed E-state index contributed by atoms with van der Waals surface area (Å²) in [5, 5.41) is 11.3. The molecule has 0 aliphatic carbocycles. The van der Waals surface area contributed by atoms with Crippen LogP contribution in [0.4, 0.5) is 5.69 Å². The molecule has 1 heterocycles. The fraction of sp³-hybridized carbons (Fsp3) is 0.333. The molecule has 1 aliphatic rings. The first-order chi connectivity index (χ1) is 14.6. The summed E-state index contributed by atoms with van der Waals surface area (Å²) in [6.07, 6.45) is 0. The van der Waals surface area contributed by atoms with E-state index in [0.717, 1.165) is 0 Å². The van der Waals surface area contributed by atoms with Crippen LogP contribution in [-0.2, 0) is 9.59 Å². The van der Waals surface area contributed by atoms with Gasteiger partial charge in [-0.1, -0.05) is 38.4 Å². The van der Waals surface area contributed by atoms with Gasteiger partial charge in [0, 0.05) is 16.1 Å². The second kappa shape index (κ2) is 8.63. The smallest absolute Gasteiger partial charge is 0.294 e. The highest BCUT2D eigenvalue weighted by Gasteiger charge is 2.46. The van der Waals surface area contributed by atoms with E-state index in [1.807, 2.05) is 6.92 Å². The van der Waals surface area contributed by atoms with Crippen LogP contribution in [0.1, 0.15) is 39.3 Å². The van der Waals surface area contributed by atoms with E-state index in [9.17, 15) is 14.7 Å². The van der Waals surface area contributed by atoms with E-state index >= 15 is 0 Å². The lowest BCUT2D eigenvalue weighted by Gasteiger charge is -2.29. The standard InChI is InChI=1S/C24H26ClNO5/c1-6-31-18-13-14(7-12-17(18)30-5)20-19(22(28)24(2,3)4)21(27)23(29)26(20)16-10-8-15(25)9-11-16/h7-13,20,27H,6H2,1-5H3. The average Bonchev–Trinajstić information content (AvgIpc) is 2.98. The zero-order valence-electron chi connectivity index (χ0n) is 18.2. The highest BCUT2D eigenvalue weighted by atomic mass is 35.5. The Kier molecular flexibility index (Phi) is 6.32. The number of benzene rings is 2. The van der Waals surface area contributed by atoms with Gasteiger partial charge in [0.1, 0.15) is 0 Å². The topological polar surface area (TPSA) is 76.1 Å². The zero-order valence-corrected chi connectivity index (χ0v) is 19.0. The van der Waals surface area contributed by atoms with Crippen molar-refractivity contribution in [3.05, 3.63) is 64.4 Å². The summed E-state index contributed by atoms with van der Waals surface area (Å²) in [4.78, 5) is 27.8. The third kappa shape index (κ3) is 4.26. The molecule has 0 radical (unpaired) electrons. The van der Waals surface area contributed by atoms with E-state index in [4.69, 9.17) is 21.1 Å². The molecule has 164 valence electrons. The summed E-state index contributed by atoms with van der Waals surface area (Å²) in [6.45, 7) is 7.52. The summed E-state index contributed by atoms with van der Waals surface area (Å²) in [6, 6.07) is 11.1. The first-order valence-electron chi connectivity index (χ1n) is 9.98. The number of methoxy groups -OCH3 is 1. The fourth-order valence-corrected chi connectivity index (χ4v) is 3.68. The number of ether oxygens (including phenoxy) is 2. The van der Waals surface area contributed by atoms with Crippen LogP contribution in [0.5, 0.6) is 11.5 Å². The fourth-order valence-electron chi connectivity index (χ4n) is 3.56.